The van der Waals surface area contributed by atoms with Crippen LogP contribution in [0.25, 0.3) is 0 Å². The zero-order chi connectivity index (χ0) is 15.7. The Balaban J connectivity index is 1.78. The standard InChI is InChI=1S/C15H23N3O4/c1-15(21)10-17(11-4-8-22-9-5-11)6-2-12(15)18-7-3-13(19)16-14(18)20/h3,7,11-12,21H,2,4-6,8-10H2,1H3,(H,16,19,20)/t12-,15-/m1/s1. The molecule has 3 heterocycles. The number of likely N-dealkylation sites (tertiary alicyclic amines) is 1. The minimum atomic E-state index is -1.02. The van der Waals surface area contributed by atoms with Crippen molar-refractivity contribution < 1.29 is 9.84 Å². The predicted octanol–water partition coefficient (Wildman–Crippen LogP) is -0.287. The lowest BCUT2D eigenvalue weighted by Crippen LogP contribution is -2.57. The molecule has 0 aromatic carbocycles. The van der Waals surface area contributed by atoms with E-state index in [1.165, 1.54) is 16.8 Å². The van der Waals surface area contributed by atoms with Crippen LogP contribution in [0.15, 0.2) is 21.9 Å². The average molecular weight is 309 g/mol. The van der Waals surface area contributed by atoms with Crippen molar-refractivity contribution in [2.24, 2.45) is 0 Å². The van der Waals surface area contributed by atoms with Gasteiger partial charge in [-0.2, -0.15) is 0 Å². The van der Waals surface area contributed by atoms with E-state index in [4.69, 9.17) is 4.74 Å². The molecule has 2 N–H and O–H groups in total. The number of rotatable bonds is 2. The van der Waals surface area contributed by atoms with E-state index in [-0.39, 0.29) is 6.04 Å². The third-order valence-electron chi connectivity index (χ3n) is 4.82. The molecule has 2 aliphatic rings. The van der Waals surface area contributed by atoms with Crippen LogP contribution in [0.2, 0.25) is 0 Å². The number of piperidine rings is 1. The van der Waals surface area contributed by atoms with Gasteiger partial charge < -0.3 is 9.84 Å². The van der Waals surface area contributed by atoms with Crippen LogP contribution in [0.5, 0.6) is 0 Å². The molecule has 22 heavy (non-hydrogen) atoms. The number of aromatic amines is 1. The van der Waals surface area contributed by atoms with Gasteiger partial charge in [-0.15, -0.1) is 0 Å². The fourth-order valence-corrected chi connectivity index (χ4v) is 3.67. The Kier molecular flexibility index (Phi) is 4.20. The molecule has 3 rings (SSSR count). The maximum absolute atomic E-state index is 12.0. The Bertz CT molecular complexity index is 630. The molecule has 7 nitrogen and oxygen atoms in total. The van der Waals surface area contributed by atoms with Gasteiger partial charge in [-0.25, -0.2) is 4.79 Å². The van der Waals surface area contributed by atoms with Crippen molar-refractivity contribution in [3.8, 4) is 0 Å². The first-order valence-corrected chi connectivity index (χ1v) is 7.83. The second-order valence-corrected chi connectivity index (χ2v) is 6.49. The van der Waals surface area contributed by atoms with E-state index in [2.05, 4.69) is 9.88 Å². The van der Waals surface area contributed by atoms with Crippen LogP contribution in [-0.4, -0.2) is 57.5 Å². The van der Waals surface area contributed by atoms with Gasteiger partial charge in [0.05, 0.1) is 11.6 Å². The number of aliphatic hydroxyl groups is 1. The number of β-amino-alcohol motifs (C(OH)–C–C–N with tert-alkyl or cyclic N) is 1. The molecular weight excluding hydrogens is 286 g/mol. The molecule has 0 spiro atoms. The number of nitrogens with zero attached hydrogens (tertiary/aromatic N) is 2. The monoisotopic (exact) mass is 309 g/mol. The average Bonchev–Trinajstić information content (AvgIpc) is 2.48. The largest absolute Gasteiger partial charge is 0.387 e. The number of hydrogen-bond donors (Lipinski definition) is 2. The lowest BCUT2D eigenvalue weighted by Gasteiger charge is -2.47. The lowest BCUT2D eigenvalue weighted by atomic mass is 9.87. The Labute approximate surface area is 128 Å². The van der Waals surface area contributed by atoms with Crippen LogP contribution in [0.4, 0.5) is 0 Å². The van der Waals surface area contributed by atoms with Gasteiger partial charge in [0.25, 0.3) is 5.56 Å². The van der Waals surface area contributed by atoms with Crippen molar-refractivity contribution in [3.63, 3.8) is 0 Å². The van der Waals surface area contributed by atoms with Gasteiger partial charge in [-0.1, -0.05) is 0 Å². The van der Waals surface area contributed by atoms with Gasteiger partial charge >= 0.3 is 5.69 Å². The normalized spacial score (nSPS) is 31.3. The quantitative estimate of drug-likeness (QED) is 0.784. The van der Waals surface area contributed by atoms with Crippen molar-refractivity contribution in [2.45, 2.75) is 43.9 Å². The summed E-state index contributed by atoms with van der Waals surface area (Å²) in [4.78, 5) is 27.7. The fraction of sp³-hybridized carbons (Fsp3) is 0.733. The minimum absolute atomic E-state index is 0.326. The summed E-state index contributed by atoms with van der Waals surface area (Å²) >= 11 is 0. The zero-order valence-electron chi connectivity index (χ0n) is 12.8. The van der Waals surface area contributed by atoms with E-state index >= 15 is 0 Å². The number of H-pyrrole nitrogens is 1. The van der Waals surface area contributed by atoms with Gasteiger partial charge in [-0.05, 0) is 26.2 Å². The molecule has 0 bridgehead atoms. The highest BCUT2D eigenvalue weighted by atomic mass is 16.5. The van der Waals surface area contributed by atoms with E-state index in [0.29, 0.717) is 19.0 Å². The van der Waals surface area contributed by atoms with Crippen molar-refractivity contribution in [2.75, 3.05) is 26.3 Å². The molecule has 0 amide bonds. The number of aromatic nitrogens is 2. The van der Waals surface area contributed by atoms with Crippen LogP contribution in [0.3, 0.4) is 0 Å². The van der Waals surface area contributed by atoms with Crippen molar-refractivity contribution in [3.05, 3.63) is 33.1 Å². The molecule has 2 aliphatic heterocycles. The molecule has 0 aliphatic carbocycles. The lowest BCUT2D eigenvalue weighted by molar-refractivity contribution is -0.0818. The van der Waals surface area contributed by atoms with Crippen molar-refractivity contribution >= 4 is 0 Å². The molecule has 2 atom stereocenters. The van der Waals surface area contributed by atoms with Gasteiger partial charge in [-0.3, -0.25) is 19.2 Å². The summed E-state index contributed by atoms with van der Waals surface area (Å²) < 4.78 is 6.84. The minimum Gasteiger partial charge on any atom is -0.387 e. The first-order valence-electron chi connectivity index (χ1n) is 7.83. The first-order chi connectivity index (χ1) is 10.5. The second kappa shape index (κ2) is 5.98. The molecule has 0 saturated carbocycles. The summed E-state index contributed by atoms with van der Waals surface area (Å²) in [5.74, 6) is 0. The second-order valence-electron chi connectivity index (χ2n) is 6.49. The molecule has 0 radical (unpaired) electrons. The van der Waals surface area contributed by atoms with E-state index in [1.54, 1.807) is 6.92 Å². The van der Waals surface area contributed by atoms with Gasteiger partial charge in [0.15, 0.2) is 0 Å². The number of hydrogen-bond acceptors (Lipinski definition) is 5. The summed E-state index contributed by atoms with van der Waals surface area (Å²) in [7, 11) is 0. The summed E-state index contributed by atoms with van der Waals surface area (Å²) in [6.45, 7) is 4.66. The van der Waals surface area contributed by atoms with Gasteiger partial charge in [0.2, 0.25) is 0 Å². The molecular formula is C15H23N3O4. The van der Waals surface area contributed by atoms with Gasteiger partial charge in [0.1, 0.15) is 0 Å². The summed E-state index contributed by atoms with van der Waals surface area (Å²) in [5.41, 5.74) is -1.89. The molecule has 1 aromatic rings. The molecule has 2 fully saturated rings. The Morgan fingerprint density at radius 1 is 1.32 bits per heavy atom. The number of ether oxygens (including phenoxy) is 1. The predicted molar refractivity (Wildman–Crippen MR) is 81.0 cm³/mol. The number of nitrogens with one attached hydrogen (secondary N) is 1. The summed E-state index contributed by atoms with van der Waals surface area (Å²) in [6, 6.07) is 1.43. The topological polar surface area (TPSA) is 87.6 Å². The summed E-state index contributed by atoms with van der Waals surface area (Å²) in [6.07, 6.45) is 4.12. The smallest absolute Gasteiger partial charge is 0.328 e. The molecule has 122 valence electrons. The molecule has 1 aromatic heterocycles. The molecule has 2 saturated heterocycles. The van der Waals surface area contributed by atoms with Crippen LogP contribution in [0.1, 0.15) is 32.2 Å². The Morgan fingerprint density at radius 3 is 2.68 bits per heavy atom. The maximum Gasteiger partial charge on any atom is 0.328 e. The summed E-state index contributed by atoms with van der Waals surface area (Å²) in [5, 5.41) is 10.9. The maximum atomic E-state index is 12.0. The third kappa shape index (κ3) is 3.02. The van der Waals surface area contributed by atoms with Crippen LogP contribution in [0, 0.1) is 0 Å². The first kappa shape index (κ1) is 15.5. The van der Waals surface area contributed by atoms with Crippen molar-refractivity contribution in [1.29, 1.82) is 0 Å². The molecule has 0 unspecified atom stereocenters. The molecule has 7 heteroatoms. The van der Waals surface area contributed by atoms with Crippen molar-refractivity contribution in [1.82, 2.24) is 14.5 Å². The highest BCUT2D eigenvalue weighted by Crippen LogP contribution is 2.32. The SMILES string of the molecule is C[C@@]1(O)CN(C2CCOCC2)CC[C@H]1n1ccc(=O)[nH]c1=O. The van der Waals surface area contributed by atoms with Gasteiger partial charge in [0, 0.05) is 44.6 Å². The fourth-order valence-electron chi connectivity index (χ4n) is 3.67. The van der Waals surface area contributed by atoms with E-state index in [1.807, 2.05) is 0 Å². The van der Waals surface area contributed by atoms with Crippen LogP contribution < -0.4 is 11.2 Å². The van der Waals surface area contributed by atoms with Crippen LogP contribution >= 0.6 is 0 Å². The van der Waals surface area contributed by atoms with E-state index < -0.39 is 16.9 Å². The highest BCUT2D eigenvalue weighted by Gasteiger charge is 2.41. The third-order valence-corrected chi connectivity index (χ3v) is 4.82. The van der Waals surface area contributed by atoms with Crippen LogP contribution in [-0.2, 0) is 4.74 Å². The Hall–Kier alpha value is -1.44. The highest BCUT2D eigenvalue weighted by molar-refractivity contribution is 4.99. The van der Waals surface area contributed by atoms with E-state index in [0.717, 1.165) is 32.6 Å². The van der Waals surface area contributed by atoms with E-state index in [9.17, 15) is 14.7 Å². The zero-order valence-corrected chi connectivity index (χ0v) is 12.8. The Morgan fingerprint density at radius 2 is 2.05 bits per heavy atom.